The number of benzene rings is 1. The van der Waals surface area contributed by atoms with Gasteiger partial charge in [-0.2, -0.15) is 0 Å². The van der Waals surface area contributed by atoms with Gasteiger partial charge in [-0.15, -0.1) is 0 Å². The first-order valence-electron chi connectivity index (χ1n) is 8.95. The van der Waals surface area contributed by atoms with E-state index in [-0.39, 0.29) is 18.6 Å². The average molecular weight is 348 g/mol. The van der Waals surface area contributed by atoms with Crippen molar-refractivity contribution in [2.24, 2.45) is 11.7 Å². The van der Waals surface area contributed by atoms with Crippen LogP contribution in [0, 0.1) is 5.92 Å². The molecule has 3 N–H and O–H groups in total. The molecule has 1 aliphatic rings. The number of nitrogens with two attached hydrogens (primary N) is 1. The average Bonchev–Trinajstić information content (AvgIpc) is 2.64. The monoisotopic (exact) mass is 348 g/mol. The van der Waals surface area contributed by atoms with Crippen LogP contribution < -0.4 is 20.5 Å². The summed E-state index contributed by atoms with van der Waals surface area (Å²) in [6.45, 7) is 1.88. The maximum absolute atomic E-state index is 12.6. The molecule has 0 unspecified atom stereocenters. The summed E-state index contributed by atoms with van der Waals surface area (Å²) < 4.78 is 10.5. The van der Waals surface area contributed by atoms with Gasteiger partial charge in [0.2, 0.25) is 0 Å². The van der Waals surface area contributed by atoms with Crippen LogP contribution in [0.5, 0.6) is 11.5 Å². The maximum Gasteiger partial charge on any atom is 0.255 e. The predicted molar refractivity (Wildman–Crippen MR) is 95.8 cm³/mol. The highest BCUT2D eigenvalue weighted by molar-refractivity contribution is 5.95. The minimum Gasteiger partial charge on any atom is -0.493 e. The molecular formula is C19H28N2O4. The molecule has 1 aromatic rings. The number of carbonyl (C=O) groups is 2. The van der Waals surface area contributed by atoms with Crippen molar-refractivity contribution < 1.29 is 19.1 Å². The smallest absolute Gasteiger partial charge is 0.255 e. The Morgan fingerprint density at radius 3 is 2.56 bits per heavy atom. The first-order valence-corrected chi connectivity index (χ1v) is 8.95. The van der Waals surface area contributed by atoms with E-state index in [2.05, 4.69) is 12.2 Å². The summed E-state index contributed by atoms with van der Waals surface area (Å²) in [6, 6.07) is 5.11. The van der Waals surface area contributed by atoms with Crippen LogP contribution in [0.1, 0.15) is 55.8 Å². The van der Waals surface area contributed by atoms with E-state index in [0.29, 0.717) is 23.0 Å². The molecule has 1 saturated carbocycles. The number of amides is 2. The fraction of sp³-hybridized carbons (Fsp3) is 0.579. The van der Waals surface area contributed by atoms with Gasteiger partial charge in [-0.3, -0.25) is 9.59 Å². The lowest BCUT2D eigenvalue weighted by Gasteiger charge is -2.30. The normalized spacial score (nSPS) is 16.1. The molecule has 0 aliphatic heterocycles. The molecule has 2 rings (SSSR count). The largest absolute Gasteiger partial charge is 0.493 e. The number of hydrogen-bond acceptors (Lipinski definition) is 4. The second kappa shape index (κ2) is 9.30. The lowest BCUT2D eigenvalue weighted by atomic mass is 9.83. The quantitative estimate of drug-likeness (QED) is 0.755. The molecular weight excluding hydrogens is 320 g/mol. The Bertz CT molecular complexity index is 597. The van der Waals surface area contributed by atoms with Crippen LogP contribution in [0.4, 0.5) is 0 Å². The van der Waals surface area contributed by atoms with Crippen LogP contribution in [-0.4, -0.2) is 31.6 Å². The van der Waals surface area contributed by atoms with Crippen LogP contribution in [0.15, 0.2) is 18.2 Å². The molecule has 6 heteroatoms. The minimum absolute atomic E-state index is 0.114. The van der Waals surface area contributed by atoms with Crippen molar-refractivity contribution in [3.8, 4) is 11.5 Å². The van der Waals surface area contributed by atoms with Crippen LogP contribution in [-0.2, 0) is 4.79 Å². The van der Waals surface area contributed by atoms with Crippen molar-refractivity contribution in [3.05, 3.63) is 23.8 Å². The number of ether oxygens (including phenoxy) is 2. The predicted octanol–water partition coefficient (Wildman–Crippen LogP) is 2.65. The molecule has 1 aliphatic carbocycles. The molecule has 25 heavy (non-hydrogen) atoms. The van der Waals surface area contributed by atoms with Gasteiger partial charge < -0.3 is 20.5 Å². The summed E-state index contributed by atoms with van der Waals surface area (Å²) in [4.78, 5) is 23.5. The van der Waals surface area contributed by atoms with E-state index in [1.165, 1.54) is 39.2 Å². The Kier molecular flexibility index (Phi) is 7.10. The van der Waals surface area contributed by atoms with Gasteiger partial charge in [-0.25, -0.2) is 0 Å². The van der Waals surface area contributed by atoms with Crippen molar-refractivity contribution >= 4 is 11.8 Å². The third-order valence-electron chi connectivity index (χ3n) is 4.77. The van der Waals surface area contributed by atoms with E-state index in [9.17, 15) is 9.59 Å². The SMILES string of the molecule is CC[C@@H](NC(=O)c1ccc(OCC(N)=O)c(OC)c1)C1CCCCC1. The minimum atomic E-state index is -0.567. The first-order chi connectivity index (χ1) is 12.0. The Hall–Kier alpha value is -2.24. The van der Waals surface area contributed by atoms with Gasteiger partial charge in [-0.1, -0.05) is 26.2 Å². The van der Waals surface area contributed by atoms with Crippen molar-refractivity contribution in [1.29, 1.82) is 0 Å². The molecule has 1 atom stereocenters. The van der Waals surface area contributed by atoms with Crippen molar-refractivity contribution in [2.45, 2.75) is 51.5 Å². The molecule has 138 valence electrons. The van der Waals surface area contributed by atoms with E-state index in [1.54, 1.807) is 18.2 Å². The van der Waals surface area contributed by atoms with Crippen molar-refractivity contribution in [2.75, 3.05) is 13.7 Å². The van der Waals surface area contributed by atoms with E-state index in [0.717, 1.165) is 6.42 Å². The first kappa shape index (κ1) is 19.1. The summed E-state index contributed by atoms with van der Waals surface area (Å²) in [7, 11) is 1.49. The van der Waals surface area contributed by atoms with Gasteiger partial charge in [-0.05, 0) is 43.4 Å². The second-order valence-electron chi connectivity index (χ2n) is 6.51. The third-order valence-corrected chi connectivity index (χ3v) is 4.77. The van der Waals surface area contributed by atoms with Gasteiger partial charge >= 0.3 is 0 Å². The van der Waals surface area contributed by atoms with Gasteiger partial charge in [0.15, 0.2) is 18.1 Å². The molecule has 2 amide bonds. The summed E-state index contributed by atoms with van der Waals surface area (Å²) in [5.74, 6) is 0.666. The highest BCUT2D eigenvalue weighted by atomic mass is 16.5. The fourth-order valence-corrected chi connectivity index (χ4v) is 3.42. The molecule has 0 bridgehead atoms. The number of rotatable bonds is 8. The summed E-state index contributed by atoms with van der Waals surface area (Å²) in [5, 5.41) is 3.16. The molecule has 0 heterocycles. The summed E-state index contributed by atoms with van der Waals surface area (Å²) in [5.41, 5.74) is 5.59. The Morgan fingerprint density at radius 2 is 1.96 bits per heavy atom. The Labute approximate surface area is 149 Å². The topological polar surface area (TPSA) is 90.6 Å². The van der Waals surface area contributed by atoms with Crippen molar-refractivity contribution in [3.63, 3.8) is 0 Å². The Morgan fingerprint density at radius 1 is 1.24 bits per heavy atom. The molecule has 1 fully saturated rings. The van der Waals surface area contributed by atoms with Gasteiger partial charge in [0, 0.05) is 11.6 Å². The van der Waals surface area contributed by atoms with Gasteiger partial charge in [0.1, 0.15) is 0 Å². The van der Waals surface area contributed by atoms with Crippen LogP contribution in [0.25, 0.3) is 0 Å². The molecule has 0 radical (unpaired) electrons. The van der Waals surface area contributed by atoms with Gasteiger partial charge in [0.05, 0.1) is 7.11 Å². The zero-order chi connectivity index (χ0) is 18.2. The van der Waals surface area contributed by atoms with Crippen LogP contribution in [0.3, 0.4) is 0 Å². The molecule has 0 spiro atoms. The second-order valence-corrected chi connectivity index (χ2v) is 6.51. The van der Waals surface area contributed by atoms with Crippen molar-refractivity contribution in [1.82, 2.24) is 5.32 Å². The van der Waals surface area contributed by atoms with Crippen LogP contribution in [0.2, 0.25) is 0 Å². The van der Waals surface area contributed by atoms with Gasteiger partial charge in [0.25, 0.3) is 11.8 Å². The molecule has 0 aromatic heterocycles. The third kappa shape index (κ3) is 5.37. The number of primary amides is 1. The zero-order valence-electron chi connectivity index (χ0n) is 15.0. The summed E-state index contributed by atoms with van der Waals surface area (Å²) in [6.07, 6.45) is 7.08. The fourth-order valence-electron chi connectivity index (χ4n) is 3.42. The van der Waals surface area contributed by atoms with E-state index in [4.69, 9.17) is 15.2 Å². The Balaban J connectivity index is 2.05. The maximum atomic E-state index is 12.6. The lowest BCUT2D eigenvalue weighted by molar-refractivity contribution is -0.119. The number of carbonyl (C=O) groups excluding carboxylic acids is 2. The standard InChI is InChI=1S/C19H28N2O4/c1-3-15(13-7-5-4-6-8-13)21-19(23)14-9-10-16(17(11-14)24-2)25-12-18(20)22/h9-11,13,15H,3-8,12H2,1-2H3,(H2,20,22)(H,21,23)/t15-/m1/s1. The molecule has 1 aromatic carbocycles. The van der Waals surface area contributed by atoms with E-state index < -0.39 is 5.91 Å². The number of methoxy groups -OCH3 is 1. The number of hydrogen-bond donors (Lipinski definition) is 2. The number of nitrogens with one attached hydrogen (secondary N) is 1. The highest BCUT2D eigenvalue weighted by Gasteiger charge is 2.24. The van der Waals surface area contributed by atoms with Crippen LogP contribution >= 0.6 is 0 Å². The zero-order valence-corrected chi connectivity index (χ0v) is 15.0. The summed E-state index contributed by atoms with van der Waals surface area (Å²) >= 11 is 0. The van der Waals surface area contributed by atoms with E-state index >= 15 is 0 Å². The van der Waals surface area contributed by atoms with E-state index in [1.807, 2.05) is 0 Å². The lowest BCUT2D eigenvalue weighted by Crippen LogP contribution is -2.40. The highest BCUT2D eigenvalue weighted by Crippen LogP contribution is 2.30. The molecule has 6 nitrogen and oxygen atoms in total. The molecule has 0 saturated heterocycles.